The summed E-state index contributed by atoms with van der Waals surface area (Å²) in [6.07, 6.45) is 10.5. The predicted octanol–water partition coefficient (Wildman–Crippen LogP) is 4.91. The molecule has 2 heterocycles. The van der Waals surface area contributed by atoms with Gasteiger partial charge in [0.15, 0.2) is 0 Å². The highest BCUT2D eigenvalue weighted by Crippen LogP contribution is 2.29. The van der Waals surface area contributed by atoms with Crippen LogP contribution >= 0.6 is 11.3 Å². The van der Waals surface area contributed by atoms with Gasteiger partial charge in [-0.1, -0.05) is 25.3 Å². The van der Waals surface area contributed by atoms with Crippen LogP contribution in [0.15, 0.2) is 40.2 Å². The van der Waals surface area contributed by atoms with Gasteiger partial charge >= 0.3 is 0 Å². The number of hydrogen-bond acceptors (Lipinski definition) is 5. The fourth-order valence-corrected chi connectivity index (χ4v) is 6.34. The lowest BCUT2D eigenvalue weighted by Crippen LogP contribution is -2.30. The largest absolute Gasteiger partial charge is 0.321 e. The maximum atomic E-state index is 12.8. The molecule has 2 aliphatic rings. The number of fused-ring (bicyclic) bond motifs is 1. The van der Waals surface area contributed by atoms with E-state index in [4.69, 9.17) is 0 Å². The number of sulfonamides is 1. The Morgan fingerprint density at radius 2 is 1.71 bits per heavy atom. The van der Waals surface area contributed by atoms with E-state index >= 15 is 0 Å². The Morgan fingerprint density at radius 1 is 0.935 bits per heavy atom. The molecule has 0 radical (unpaired) electrons. The molecule has 0 saturated carbocycles. The topological polar surface area (TPSA) is 87.6 Å². The van der Waals surface area contributed by atoms with Crippen LogP contribution in [0.2, 0.25) is 0 Å². The van der Waals surface area contributed by atoms with Gasteiger partial charge in [-0.25, -0.2) is 8.42 Å². The number of thiophene rings is 1. The highest BCUT2D eigenvalue weighted by molar-refractivity contribution is 7.90. The van der Waals surface area contributed by atoms with Gasteiger partial charge in [-0.05, 0) is 68.4 Å². The summed E-state index contributed by atoms with van der Waals surface area (Å²) in [5, 5.41) is 2.87. The van der Waals surface area contributed by atoms with Crippen molar-refractivity contribution in [3.8, 4) is 0 Å². The summed E-state index contributed by atoms with van der Waals surface area (Å²) >= 11 is 1.56. The number of amidine groups is 1. The molecule has 1 aromatic carbocycles. The molecule has 1 aromatic heterocycles. The molecule has 6 nitrogen and oxygen atoms in total. The Kier molecular flexibility index (Phi) is 7.07. The van der Waals surface area contributed by atoms with Gasteiger partial charge < -0.3 is 5.32 Å². The van der Waals surface area contributed by atoms with Gasteiger partial charge in [0.25, 0.3) is 15.9 Å². The lowest BCUT2D eigenvalue weighted by atomic mass is 10.00. The van der Waals surface area contributed by atoms with Crippen LogP contribution in [0.4, 0.5) is 5.69 Å². The van der Waals surface area contributed by atoms with E-state index in [-0.39, 0.29) is 10.8 Å². The average molecular weight is 460 g/mol. The second kappa shape index (κ2) is 9.96. The van der Waals surface area contributed by atoms with Crippen LogP contribution in [0.3, 0.4) is 0 Å². The van der Waals surface area contributed by atoms with E-state index in [2.05, 4.69) is 15.0 Å². The molecule has 0 unspecified atom stereocenters. The number of anilines is 1. The number of carbonyl (C=O) groups excluding carboxylic acids is 1. The van der Waals surface area contributed by atoms with Crippen LogP contribution in [0.1, 0.15) is 71.5 Å². The van der Waals surface area contributed by atoms with Crippen LogP contribution in [0, 0.1) is 0 Å². The molecule has 1 amide bonds. The number of rotatable bonds is 4. The summed E-state index contributed by atoms with van der Waals surface area (Å²) in [5.41, 5.74) is 1.76. The molecule has 0 atom stereocenters. The van der Waals surface area contributed by atoms with Gasteiger partial charge in [0.05, 0.1) is 9.77 Å². The third kappa shape index (κ3) is 5.74. The molecule has 0 saturated heterocycles. The second-order valence-electron chi connectivity index (χ2n) is 8.20. The van der Waals surface area contributed by atoms with Crippen molar-refractivity contribution in [3.05, 3.63) is 45.6 Å². The summed E-state index contributed by atoms with van der Waals surface area (Å²) in [4.78, 5) is 19.3. The maximum Gasteiger partial charge on any atom is 0.265 e. The van der Waals surface area contributed by atoms with E-state index in [1.54, 1.807) is 23.5 Å². The van der Waals surface area contributed by atoms with Crippen molar-refractivity contribution in [1.82, 2.24) is 4.72 Å². The monoisotopic (exact) mass is 459 g/mol. The summed E-state index contributed by atoms with van der Waals surface area (Å²) < 4.78 is 28.3. The van der Waals surface area contributed by atoms with E-state index in [0.717, 1.165) is 32.1 Å². The third-order valence-electron chi connectivity index (χ3n) is 5.75. The van der Waals surface area contributed by atoms with Crippen molar-refractivity contribution in [2.45, 2.75) is 69.1 Å². The summed E-state index contributed by atoms with van der Waals surface area (Å²) in [6.45, 7) is 0.652. The van der Waals surface area contributed by atoms with Crippen LogP contribution < -0.4 is 10.0 Å². The van der Waals surface area contributed by atoms with Crippen LogP contribution in [-0.4, -0.2) is 26.7 Å². The van der Waals surface area contributed by atoms with Gasteiger partial charge in [-0.3, -0.25) is 14.5 Å². The van der Waals surface area contributed by atoms with Crippen molar-refractivity contribution in [3.63, 3.8) is 0 Å². The SMILES string of the molecule is O=C(Nc1cccc(S(=O)(=O)NC2=NCCCCC2)c1)c1cc2c(s1)CCCCCC2. The first-order valence-corrected chi connectivity index (χ1v) is 13.4. The van der Waals surface area contributed by atoms with Crippen LogP contribution in [0.5, 0.6) is 0 Å². The molecule has 166 valence electrons. The van der Waals surface area contributed by atoms with Gasteiger partial charge in [-0.2, -0.15) is 0 Å². The lowest BCUT2D eigenvalue weighted by molar-refractivity contribution is 0.103. The first kappa shape index (κ1) is 22.0. The van der Waals surface area contributed by atoms with Crippen molar-refractivity contribution in [1.29, 1.82) is 0 Å². The number of carbonyl (C=O) groups is 1. The highest BCUT2D eigenvalue weighted by Gasteiger charge is 2.19. The number of aliphatic imine (C=N–C) groups is 1. The number of amides is 1. The zero-order valence-corrected chi connectivity index (χ0v) is 19.3. The quantitative estimate of drug-likeness (QED) is 0.681. The Hall–Kier alpha value is -2.19. The van der Waals surface area contributed by atoms with Crippen LogP contribution in [-0.2, 0) is 22.9 Å². The average Bonchev–Trinajstić information content (AvgIpc) is 2.94. The zero-order chi connectivity index (χ0) is 21.7. The lowest BCUT2D eigenvalue weighted by Gasteiger charge is -2.11. The summed E-state index contributed by atoms with van der Waals surface area (Å²) in [6, 6.07) is 8.40. The van der Waals surface area contributed by atoms with Crippen molar-refractivity contribution in [2.24, 2.45) is 4.99 Å². The molecule has 4 rings (SSSR count). The van der Waals surface area contributed by atoms with Gasteiger partial charge in [0.2, 0.25) is 0 Å². The molecule has 2 N–H and O–H groups in total. The minimum Gasteiger partial charge on any atom is -0.321 e. The molecule has 31 heavy (non-hydrogen) atoms. The summed E-state index contributed by atoms with van der Waals surface area (Å²) in [7, 11) is -3.74. The zero-order valence-electron chi connectivity index (χ0n) is 17.7. The van der Waals surface area contributed by atoms with Gasteiger partial charge in [-0.15, -0.1) is 11.3 Å². The molecule has 2 aromatic rings. The number of nitrogens with zero attached hydrogens (tertiary/aromatic N) is 1. The minimum atomic E-state index is -3.74. The first-order chi connectivity index (χ1) is 15.0. The number of aryl methyl sites for hydroxylation is 2. The van der Waals surface area contributed by atoms with E-state index in [1.165, 1.54) is 48.3 Å². The van der Waals surface area contributed by atoms with E-state index in [9.17, 15) is 13.2 Å². The van der Waals surface area contributed by atoms with Crippen molar-refractivity contribution >= 4 is 38.8 Å². The molecule has 8 heteroatoms. The van der Waals surface area contributed by atoms with Crippen molar-refractivity contribution in [2.75, 3.05) is 11.9 Å². The molecule has 0 fully saturated rings. The maximum absolute atomic E-state index is 12.8. The fraction of sp³-hybridized carbons (Fsp3) is 0.478. The van der Waals surface area contributed by atoms with Gasteiger partial charge in [0, 0.05) is 23.5 Å². The molecular weight excluding hydrogens is 430 g/mol. The smallest absolute Gasteiger partial charge is 0.265 e. The van der Waals surface area contributed by atoms with E-state index in [0.29, 0.717) is 29.4 Å². The number of benzene rings is 1. The van der Waals surface area contributed by atoms with Crippen molar-refractivity contribution < 1.29 is 13.2 Å². The Balaban J connectivity index is 1.47. The first-order valence-electron chi connectivity index (χ1n) is 11.1. The third-order valence-corrected chi connectivity index (χ3v) is 8.36. The summed E-state index contributed by atoms with van der Waals surface area (Å²) in [5.74, 6) is 0.329. The predicted molar refractivity (Wildman–Crippen MR) is 126 cm³/mol. The van der Waals surface area contributed by atoms with E-state index < -0.39 is 10.0 Å². The standard InChI is InChI=1S/C23H29N3O3S2/c27-23(21-15-17-9-4-1-2-5-12-20(17)30-21)25-18-10-8-11-19(16-18)31(28,29)26-22-13-6-3-7-14-24-22/h8,10-11,15-16H,1-7,9,12-14H2,(H,24,26)(H,25,27). The Bertz CT molecular complexity index is 1050. The Labute approximate surface area is 188 Å². The molecule has 0 spiro atoms. The fourth-order valence-electron chi connectivity index (χ4n) is 4.06. The van der Waals surface area contributed by atoms with E-state index in [1.807, 2.05) is 6.07 Å². The number of hydrogen-bond donors (Lipinski definition) is 2. The molecule has 0 bridgehead atoms. The Morgan fingerprint density at radius 3 is 2.58 bits per heavy atom. The van der Waals surface area contributed by atoms with Gasteiger partial charge in [0.1, 0.15) is 5.84 Å². The second-order valence-corrected chi connectivity index (χ2v) is 11.0. The molecular formula is C23H29N3O3S2. The minimum absolute atomic E-state index is 0.121. The molecule has 1 aliphatic carbocycles. The number of nitrogens with one attached hydrogen (secondary N) is 2. The van der Waals surface area contributed by atoms with Crippen LogP contribution in [0.25, 0.3) is 0 Å². The highest BCUT2D eigenvalue weighted by atomic mass is 32.2. The molecule has 1 aliphatic heterocycles. The normalized spacial score (nSPS) is 17.5.